The van der Waals surface area contributed by atoms with E-state index in [1.54, 1.807) is 35.1 Å². The molecule has 0 N–H and O–H groups in total. The van der Waals surface area contributed by atoms with Gasteiger partial charge in [0.2, 0.25) is 5.43 Å². The zero-order chi connectivity index (χ0) is 19.8. The van der Waals surface area contributed by atoms with E-state index in [1.165, 1.54) is 12.1 Å². The van der Waals surface area contributed by atoms with Crippen molar-refractivity contribution in [2.24, 2.45) is 0 Å². The molecule has 3 aromatic rings. The molecule has 0 aliphatic carbocycles. The second-order valence-corrected chi connectivity index (χ2v) is 7.30. The van der Waals surface area contributed by atoms with Crippen LogP contribution in [-0.4, -0.2) is 9.78 Å². The van der Waals surface area contributed by atoms with E-state index < -0.39 is 17.2 Å². The lowest BCUT2D eigenvalue weighted by Gasteiger charge is -2.15. The number of hydrogen-bond acceptors (Lipinski definition) is 2. The number of hydrogen-bond donors (Lipinski definition) is 0. The van der Waals surface area contributed by atoms with Crippen LogP contribution in [0.25, 0.3) is 22.4 Å². The number of halogens is 4. The van der Waals surface area contributed by atoms with Crippen LogP contribution >= 0.6 is 15.9 Å². The fraction of sp³-hybridized carbons (Fsp3) is 0.200. The number of aromatic nitrogens is 2. The van der Waals surface area contributed by atoms with Crippen molar-refractivity contribution in [3.05, 3.63) is 75.0 Å². The molecule has 0 aliphatic heterocycles. The Labute approximate surface area is 162 Å². The second kappa shape index (κ2) is 7.31. The van der Waals surface area contributed by atoms with Gasteiger partial charge in [0.15, 0.2) is 0 Å². The average molecular weight is 437 g/mol. The molecule has 0 radical (unpaired) electrons. The topological polar surface area (TPSA) is 34.9 Å². The van der Waals surface area contributed by atoms with Gasteiger partial charge in [0.1, 0.15) is 5.69 Å². The number of alkyl halides is 3. The lowest BCUT2D eigenvalue weighted by Crippen LogP contribution is -2.18. The zero-order valence-corrected chi connectivity index (χ0v) is 16.2. The Kier molecular flexibility index (Phi) is 5.24. The van der Waals surface area contributed by atoms with Gasteiger partial charge in [0, 0.05) is 27.8 Å². The highest BCUT2D eigenvalue weighted by atomic mass is 79.9. The molecule has 3 rings (SSSR count). The van der Waals surface area contributed by atoms with Gasteiger partial charge in [-0.05, 0) is 43.7 Å². The van der Waals surface area contributed by atoms with Crippen LogP contribution in [0.5, 0.6) is 0 Å². The van der Waals surface area contributed by atoms with Crippen LogP contribution in [0, 0.1) is 0 Å². The monoisotopic (exact) mass is 436 g/mol. The highest BCUT2D eigenvalue weighted by Crippen LogP contribution is 2.31. The molecule has 0 bridgehead atoms. The van der Waals surface area contributed by atoms with E-state index in [0.717, 1.165) is 16.6 Å². The summed E-state index contributed by atoms with van der Waals surface area (Å²) in [5, 5.41) is 4.30. The van der Waals surface area contributed by atoms with Crippen molar-refractivity contribution in [3.8, 4) is 22.4 Å². The molecule has 140 valence electrons. The van der Waals surface area contributed by atoms with Gasteiger partial charge >= 0.3 is 6.18 Å². The predicted octanol–water partition coefficient (Wildman–Crippen LogP) is 5.94. The fourth-order valence-corrected chi connectivity index (χ4v) is 2.90. The molecular weight excluding hydrogens is 421 g/mol. The SMILES string of the molecule is CC(C)n1cc(-c2ccc(Br)cc2)c(=O)c(-c2cccc(C(F)(F)F)c2)n1. The smallest absolute Gasteiger partial charge is 0.287 e. The number of rotatable bonds is 3. The summed E-state index contributed by atoms with van der Waals surface area (Å²) in [6, 6.07) is 11.8. The normalized spacial score (nSPS) is 11.8. The molecule has 2 aromatic carbocycles. The van der Waals surface area contributed by atoms with Crippen LogP contribution in [0.1, 0.15) is 25.5 Å². The quantitative estimate of drug-likeness (QED) is 0.509. The Balaban J connectivity index is 2.25. The van der Waals surface area contributed by atoms with Crippen molar-refractivity contribution < 1.29 is 13.2 Å². The first-order valence-corrected chi connectivity index (χ1v) is 9.03. The Morgan fingerprint density at radius 2 is 1.70 bits per heavy atom. The summed E-state index contributed by atoms with van der Waals surface area (Å²) in [6.07, 6.45) is -2.86. The van der Waals surface area contributed by atoms with Crippen LogP contribution in [0.3, 0.4) is 0 Å². The Hall–Kier alpha value is -2.41. The van der Waals surface area contributed by atoms with Crippen molar-refractivity contribution in [1.82, 2.24) is 9.78 Å². The van der Waals surface area contributed by atoms with E-state index in [-0.39, 0.29) is 17.3 Å². The van der Waals surface area contributed by atoms with E-state index in [0.29, 0.717) is 11.1 Å². The summed E-state index contributed by atoms with van der Waals surface area (Å²) in [7, 11) is 0. The Bertz CT molecular complexity index is 1020. The van der Waals surface area contributed by atoms with E-state index in [2.05, 4.69) is 21.0 Å². The van der Waals surface area contributed by atoms with Gasteiger partial charge in [-0.2, -0.15) is 18.3 Å². The number of benzene rings is 2. The maximum absolute atomic E-state index is 13.1. The van der Waals surface area contributed by atoms with Gasteiger partial charge in [0.05, 0.1) is 5.56 Å². The molecule has 0 amide bonds. The summed E-state index contributed by atoms with van der Waals surface area (Å²) >= 11 is 3.35. The van der Waals surface area contributed by atoms with Gasteiger partial charge in [-0.25, -0.2) is 0 Å². The van der Waals surface area contributed by atoms with Crippen molar-refractivity contribution in [2.45, 2.75) is 26.1 Å². The third-order valence-electron chi connectivity index (χ3n) is 4.08. The van der Waals surface area contributed by atoms with Crippen molar-refractivity contribution >= 4 is 15.9 Å². The molecule has 0 aliphatic rings. The molecule has 0 saturated heterocycles. The first-order chi connectivity index (χ1) is 12.7. The molecule has 3 nitrogen and oxygen atoms in total. The van der Waals surface area contributed by atoms with Crippen molar-refractivity contribution in [2.75, 3.05) is 0 Å². The highest BCUT2D eigenvalue weighted by Gasteiger charge is 2.31. The molecule has 0 unspecified atom stereocenters. The minimum Gasteiger partial charge on any atom is -0.287 e. The lowest BCUT2D eigenvalue weighted by molar-refractivity contribution is -0.137. The summed E-state index contributed by atoms with van der Waals surface area (Å²) in [5.41, 5.74) is -0.0230. The van der Waals surface area contributed by atoms with E-state index in [9.17, 15) is 18.0 Å². The molecule has 1 aromatic heterocycles. The molecule has 0 spiro atoms. The third-order valence-corrected chi connectivity index (χ3v) is 4.61. The molecule has 0 fully saturated rings. The summed E-state index contributed by atoms with van der Waals surface area (Å²) in [6.45, 7) is 3.78. The maximum Gasteiger partial charge on any atom is 0.416 e. The molecule has 1 heterocycles. The third kappa shape index (κ3) is 4.13. The van der Waals surface area contributed by atoms with Crippen LogP contribution < -0.4 is 5.43 Å². The fourth-order valence-electron chi connectivity index (χ4n) is 2.64. The zero-order valence-electron chi connectivity index (χ0n) is 14.6. The summed E-state index contributed by atoms with van der Waals surface area (Å²) < 4.78 is 41.7. The Morgan fingerprint density at radius 1 is 1.04 bits per heavy atom. The molecule has 0 atom stereocenters. The summed E-state index contributed by atoms with van der Waals surface area (Å²) in [4.78, 5) is 13.0. The molecule has 7 heteroatoms. The van der Waals surface area contributed by atoms with Crippen LogP contribution in [0.2, 0.25) is 0 Å². The van der Waals surface area contributed by atoms with E-state index >= 15 is 0 Å². The van der Waals surface area contributed by atoms with Gasteiger partial charge in [-0.15, -0.1) is 0 Å². The van der Waals surface area contributed by atoms with E-state index in [4.69, 9.17) is 0 Å². The largest absolute Gasteiger partial charge is 0.416 e. The minimum atomic E-state index is -4.49. The van der Waals surface area contributed by atoms with Crippen molar-refractivity contribution in [3.63, 3.8) is 0 Å². The maximum atomic E-state index is 13.1. The average Bonchev–Trinajstić information content (AvgIpc) is 2.62. The van der Waals surface area contributed by atoms with Crippen LogP contribution in [0.4, 0.5) is 13.2 Å². The van der Waals surface area contributed by atoms with Gasteiger partial charge in [-0.3, -0.25) is 9.48 Å². The van der Waals surface area contributed by atoms with Crippen molar-refractivity contribution in [1.29, 1.82) is 0 Å². The molecule has 27 heavy (non-hydrogen) atoms. The second-order valence-electron chi connectivity index (χ2n) is 6.38. The van der Waals surface area contributed by atoms with Gasteiger partial charge < -0.3 is 0 Å². The summed E-state index contributed by atoms with van der Waals surface area (Å²) in [5.74, 6) is 0. The predicted molar refractivity (Wildman–Crippen MR) is 102 cm³/mol. The van der Waals surface area contributed by atoms with Crippen LogP contribution in [-0.2, 0) is 6.18 Å². The molecule has 0 saturated carbocycles. The van der Waals surface area contributed by atoms with E-state index in [1.807, 2.05) is 13.8 Å². The Morgan fingerprint density at radius 3 is 2.30 bits per heavy atom. The van der Waals surface area contributed by atoms with Crippen LogP contribution in [0.15, 0.2) is 64.0 Å². The first-order valence-electron chi connectivity index (χ1n) is 8.24. The highest BCUT2D eigenvalue weighted by molar-refractivity contribution is 9.10. The first kappa shape index (κ1) is 19.4. The van der Waals surface area contributed by atoms with Gasteiger partial charge in [-0.1, -0.05) is 40.2 Å². The van der Waals surface area contributed by atoms with Gasteiger partial charge in [0.25, 0.3) is 0 Å². The standard InChI is InChI=1S/C20H16BrF3N2O/c1-12(2)26-11-17(13-6-8-16(21)9-7-13)19(27)18(25-26)14-4-3-5-15(10-14)20(22,23)24/h3-12H,1-2H3. The minimum absolute atomic E-state index is 0.00443. The number of nitrogens with zero attached hydrogens (tertiary/aromatic N) is 2. The lowest BCUT2D eigenvalue weighted by atomic mass is 10.0. The molecular formula is C20H16BrF3N2O.